The Morgan fingerprint density at radius 2 is 2.00 bits per heavy atom. The lowest BCUT2D eigenvalue weighted by molar-refractivity contribution is 0.0500. The van der Waals surface area contributed by atoms with Crippen LogP contribution in [-0.4, -0.2) is 29.9 Å². The SMILES string of the molecule is CC1(C)CN(C(=O)c2ccc(COc3ccc(F)cc3)o2)CCC1N.Cl. The van der Waals surface area contributed by atoms with Crippen molar-refractivity contribution in [3.05, 3.63) is 53.7 Å². The minimum Gasteiger partial charge on any atom is -0.486 e. The first-order valence-electron chi connectivity index (χ1n) is 8.37. The van der Waals surface area contributed by atoms with E-state index in [0.717, 1.165) is 6.42 Å². The van der Waals surface area contributed by atoms with Crippen LogP contribution in [0, 0.1) is 11.2 Å². The summed E-state index contributed by atoms with van der Waals surface area (Å²) >= 11 is 0. The van der Waals surface area contributed by atoms with Gasteiger partial charge < -0.3 is 19.8 Å². The molecule has 1 aliphatic rings. The quantitative estimate of drug-likeness (QED) is 0.876. The molecule has 1 aliphatic heterocycles. The molecule has 1 fully saturated rings. The lowest BCUT2D eigenvalue weighted by Crippen LogP contribution is -2.53. The van der Waals surface area contributed by atoms with E-state index in [-0.39, 0.29) is 42.2 Å². The zero-order valence-electron chi connectivity index (χ0n) is 14.9. The molecule has 5 nitrogen and oxygen atoms in total. The number of carbonyl (C=O) groups excluding carboxylic acids is 1. The van der Waals surface area contributed by atoms with Crippen molar-refractivity contribution in [3.8, 4) is 5.75 Å². The second-order valence-corrected chi connectivity index (χ2v) is 7.12. The maximum atomic E-state index is 12.9. The summed E-state index contributed by atoms with van der Waals surface area (Å²) in [6.45, 7) is 5.55. The number of halogens is 2. The first-order valence-corrected chi connectivity index (χ1v) is 8.37. The first-order chi connectivity index (χ1) is 11.8. The van der Waals surface area contributed by atoms with Gasteiger partial charge in [-0.1, -0.05) is 13.8 Å². The molecule has 142 valence electrons. The fraction of sp³-hybridized carbons (Fsp3) is 0.421. The Labute approximate surface area is 158 Å². The van der Waals surface area contributed by atoms with Crippen LogP contribution in [-0.2, 0) is 6.61 Å². The van der Waals surface area contributed by atoms with Gasteiger partial charge >= 0.3 is 0 Å². The minimum atomic E-state index is -0.317. The van der Waals surface area contributed by atoms with E-state index in [1.807, 2.05) is 0 Å². The number of rotatable bonds is 4. The van der Waals surface area contributed by atoms with Crippen LogP contribution in [0.2, 0.25) is 0 Å². The molecule has 1 atom stereocenters. The summed E-state index contributed by atoms with van der Waals surface area (Å²) in [4.78, 5) is 14.4. The number of carbonyl (C=O) groups is 1. The molecular weight excluding hydrogens is 359 g/mol. The molecule has 1 unspecified atom stereocenters. The van der Waals surface area contributed by atoms with Crippen LogP contribution in [0.25, 0.3) is 0 Å². The van der Waals surface area contributed by atoms with Gasteiger partial charge in [-0.2, -0.15) is 0 Å². The molecule has 0 aliphatic carbocycles. The van der Waals surface area contributed by atoms with Gasteiger partial charge in [0.1, 0.15) is 23.9 Å². The number of amides is 1. The van der Waals surface area contributed by atoms with Crippen LogP contribution >= 0.6 is 12.4 Å². The predicted octanol–water partition coefficient (Wildman–Crippen LogP) is 3.62. The summed E-state index contributed by atoms with van der Waals surface area (Å²) < 4.78 is 24.0. The van der Waals surface area contributed by atoms with E-state index in [2.05, 4.69) is 13.8 Å². The molecule has 1 amide bonds. The highest BCUT2D eigenvalue weighted by Crippen LogP contribution is 2.29. The van der Waals surface area contributed by atoms with Crippen LogP contribution in [0.5, 0.6) is 5.75 Å². The molecule has 3 rings (SSSR count). The summed E-state index contributed by atoms with van der Waals surface area (Å²) in [6.07, 6.45) is 0.778. The second kappa shape index (κ2) is 8.10. The number of likely N-dealkylation sites (tertiary alicyclic amines) is 1. The van der Waals surface area contributed by atoms with Crippen molar-refractivity contribution in [2.45, 2.75) is 32.9 Å². The molecule has 0 radical (unpaired) electrons. The van der Waals surface area contributed by atoms with Crippen molar-refractivity contribution in [1.82, 2.24) is 4.90 Å². The van der Waals surface area contributed by atoms with Crippen LogP contribution in [0.4, 0.5) is 4.39 Å². The molecule has 2 heterocycles. The molecular formula is C19H24ClFN2O3. The van der Waals surface area contributed by atoms with Crippen LogP contribution < -0.4 is 10.5 Å². The van der Waals surface area contributed by atoms with Gasteiger partial charge in [0.2, 0.25) is 0 Å². The summed E-state index contributed by atoms with van der Waals surface area (Å²) in [5.74, 6) is 0.928. The largest absolute Gasteiger partial charge is 0.486 e. The van der Waals surface area contributed by atoms with Gasteiger partial charge in [-0.3, -0.25) is 4.79 Å². The number of ether oxygens (including phenoxy) is 1. The van der Waals surface area contributed by atoms with Gasteiger partial charge in [0.25, 0.3) is 5.91 Å². The van der Waals surface area contributed by atoms with Crippen LogP contribution in [0.15, 0.2) is 40.8 Å². The Balaban J connectivity index is 0.00000243. The molecule has 26 heavy (non-hydrogen) atoms. The highest BCUT2D eigenvalue weighted by molar-refractivity contribution is 5.91. The molecule has 0 saturated carbocycles. The van der Waals surface area contributed by atoms with E-state index in [1.54, 1.807) is 29.2 Å². The molecule has 2 N–H and O–H groups in total. The summed E-state index contributed by atoms with van der Waals surface area (Å²) in [5.41, 5.74) is 6.00. The monoisotopic (exact) mass is 382 g/mol. The number of piperidine rings is 1. The van der Waals surface area contributed by atoms with E-state index in [4.69, 9.17) is 14.9 Å². The Morgan fingerprint density at radius 1 is 1.31 bits per heavy atom. The van der Waals surface area contributed by atoms with Crippen molar-refractivity contribution in [1.29, 1.82) is 0 Å². The maximum Gasteiger partial charge on any atom is 0.289 e. The van der Waals surface area contributed by atoms with Gasteiger partial charge in [0.05, 0.1) is 0 Å². The molecule has 1 aromatic heterocycles. The Bertz CT molecular complexity index is 745. The molecule has 1 saturated heterocycles. The van der Waals surface area contributed by atoms with Crippen molar-refractivity contribution in [2.75, 3.05) is 13.1 Å². The number of nitrogens with zero attached hydrogens (tertiary/aromatic N) is 1. The van der Waals surface area contributed by atoms with Gasteiger partial charge in [-0.25, -0.2) is 4.39 Å². The van der Waals surface area contributed by atoms with Crippen molar-refractivity contribution in [2.24, 2.45) is 11.1 Å². The van der Waals surface area contributed by atoms with Crippen molar-refractivity contribution in [3.63, 3.8) is 0 Å². The van der Waals surface area contributed by atoms with E-state index in [9.17, 15) is 9.18 Å². The third-order valence-corrected chi connectivity index (χ3v) is 4.67. The lowest BCUT2D eigenvalue weighted by Gasteiger charge is -2.42. The van der Waals surface area contributed by atoms with Gasteiger partial charge in [-0.15, -0.1) is 12.4 Å². The number of hydrogen-bond donors (Lipinski definition) is 1. The van der Waals surface area contributed by atoms with E-state index in [1.165, 1.54) is 12.1 Å². The predicted molar refractivity (Wildman–Crippen MR) is 99.0 cm³/mol. The van der Waals surface area contributed by atoms with Gasteiger partial charge in [0, 0.05) is 19.1 Å². The lowest BCUT2D eigenvalue weighted by atomic mass is 9.79. The standard InChI is InChI=1S/C19H23FN2O3.ClH/c1-19(2)12-22(10-9-17(19)21)18(23)16-8-7-15(25-16)11-24-14-5-3-13(20)4-6-14;/h3-8,17H,9-12,21H2,1-2H3;1H. The van der Waals surface area contributed by atoms with Crippen molar-refractivity contribution < 1.29 is 18.3 Å². The number of benzene rings is 1. The summed E-state index contributed by atoms with van der Waals surface area (Å²) in [7, 11) is 0. The molecule has 0 bridgehead atoms. The van der Waals surface area contributed by atoms with E-state index < -0.39 is 0 Å². The molecule has 1 aromatic carbocycles. The molecule has 0 spiro atoms. The van der Waals surface area contributed by atoms with Gasteiger partial charge in [-0.05, 0) is 48.2 Å². The minimum absolute atomic E-state index is 0. The summed E-state index contributed by atoms with van der Waals surface area (Å²) in [5, 5.41) is 0. The van der Waals surface area contributed by atoms with E-state index in [0.29, 0.717) is 30.4 Å². The van der Waals surface area contributed by atoms with Gasteiger partial charge in [0.15, 0.2) is 5.76 Å². The number of nitrogens with two attached hydrogens (primary N) is 1. The Hall–Kier alpha value is -2.05. The maximum absolute atomic E-state index is 12.9. The first kappa shape index (κ1) is 20.3. The Morgan fingerprint density at radius 3 is 2.65 bits per heavy atom. The Kier molecular flexibility index (Phi) is 6.31. The number of furan rings is 1. The number of hydrogen-bond acceptors (Lipinski definition) is 4. The second-order valence-electron chi connectivity index (χ2n) is 7.12. The average Bonchev–Trinajstić information content (AvgIpc) is 3.05. The zero-order chi connectivity index (χ0) is 18.0. The smallest absolute Gasteiger partial charge is 0.289 e. The fourth-order valence-corrected chi connectivity index (χ4v) is 2.96. The van der Waals surface area contributed by atoms with E-state index >= 15 is 0 Å². The topological polar surface area (TPSA) is 68.7 Å². The fourth-order valence-electron chi connectivity index (χ4n) is 2.96. The zero-order valence-corrected chi connectivity index (χ0v) is 15.7. The highest BCUT2D eigenvalue weighted by Gasteiger charge is 2.36. The third-order valence-electron chi connectivity index (χ3n) is 4.67. The van der Waals surface area contributed by atoms with Crippen LogP contribution in [0.3, 0.4) is 0 Å². The molecule has 2 aromatic rings. The molecule has 7 heteroatoms. The van der Waals surface area contributed by atoms with Crippen molar-refractivity contribution >= 4 is 18.3 Å². The third kappa shape index (κ3) is 4.56. The summed E-state index contributed by atoms with van der Waals surface area (Å²) in [6, 6.07) is 9.22. The average molecular weight is 383 g/mol. The highest BCUT2D eigenvalue weighted by atomic mass is 35.5. The van der Waals surface area contributed by atoms with Crippen LogP contribution in [0.1, 0.15) is 36.6 Å². The normalized spacial score (nSPS) is 18.9.